The minimum absolute atomic E-state index is 0.0875. The number of sulfonamides is 1. The van der Waals surface area contributed by atoms with Gasteiger partial charge in [0.1, 0.15) is 0 Å². The molecule has 0 unspecified atom stereocenters. The Balaban J connectivity index is 2.03. The quantitative estimate of drug-likeness (QED) is 0.745. The highest BCUT2D eigenvalue weighted by Gasteiger charge is 2.30. The summed E-state index contributed by atoms with van der Waals surface area (Å²) in [6, 6.07) is 8.52. The predicted octanol–water partition coefficient (Wildman–Crippen LogP) is 3.12. The van der Waals surface area contributed by atoms with E-state index in [1.807, 2.05) is 4.90 Å². The standard InChI is InChI=1S/C19H30N2O3S/c1-16(2)12-13-17-9-7-8-14-21(17)19(22)15-20(3)25(23,24)18-10-5-4-6-11-18/h4-6,10-11,16-17H,7-9,12-15H2,1-3H3/t17-/m1/s1. The second-order valence-corrected chi connectivity index (χ2v) is 9.33. The third-order valence-electron chi connectivity index (χ3n) is 4.83. The number of carbonyl (C=O) groups excluding carboxylic acids is 1. The van der Waals surface area contributed by atoms with Crippen molar-refractivity contribution in [1.29, 1.82) is 0 Å². The number of benzene rings is 1. The van der Waals surface area contributed by atoms with Gasteiger partial charge in [0.25, 0.3) is 0 Å². The van der Waals surface area contributed by atoms with Crippen LogP contribution in [0.15, 0.2) is 35.2 Å². The fraction of sp³-hybridized carbons (Fsp3) is 0.632. The number of amides is 1. The van der Waals surface area contributed by atoms with Crippen molar-refractivity contribution >= 4 is 15.9 Å². The Bertz CT molecular complexity index is 659. The van der Waals surface area contributed by atoms with Crippen molar-refractivity contribution < 1.29 is 13.2 Å². The first kappa shape index (κ1) is 19.9. The normalized spacial score (nSPS) is 18.8. The topological polar surface area (TPSA) is 57.7 Å². The number of likely N-dealkylation sites (tertiary alicyclic amines) is 1. The summed E-state index contributed by atoms with van der Waals surface area (Å²) >= 11 is 0. The van der Waals surface area contributed by atoms with E-state index < -0.39 is 10.0 Å². The molecule has 1 aliphatic rings. The lowest BCUT2D eigenvalue weighted by Crippen LogP contribution is -2.48. The maximum atomic E-state index is 12.8. The zero-order valence-electron chi connectivity index (χ0n) is 15.5. The zero-order valence-corrected chi connectivity index (χ0v) is 16.3. The molecular formula is C19H30N2O3S. The Morgan fingerprint density at radius 2 is 1.92 bits per heavy atom. The molecule has 25 heavy (non-hydrogen) atoms. The molecular weight excluding hydrogens is 336 g/mol. The molecule has 1 aromatic carbocycles. The highest BCUT2D eigenvalue weighted by Crippen LogP contribution is 2.23. The number of hydrogen-bond donors (Lipinski definition) is 0. The van der Waals surface area contributed by atoms with Crippen molar-refractivity contribution in [3.63, 3.8) is 0 Å². The van der Waals surface area contributed by atoms with Crippen LogP contribution in [-0.4, -0.2) is 49.7 Å². The predicted molar refractivity (Wildman–Crippen MR) is 99.7 cm³/mol. The van der Waals surface area contributed by atoms with Gasteiger partial charge >= 0.3 is 0 Å². The Morgan fingerprint density at radius 3 is 2.56 bits per heavy atom. The van der Waals surface area contributed by atoms with Crippen LogP contribution in [0.2, 0.25) is 0 Å². The van der Waals surface area contributed by atoms with E-state index in [-0.39, 0.29) is 23.4 Å². The maximum Gasteiger partial charge on any atom is 0.243 e. The van der Waals surface area contributed by atoms with Crippen LogP contribution in [0.3, 0.4) is 0 Å². The Labute approximate surface area is 152 Å². The molecule has 0 spiro atoms. The van der Waals surface area contributed by atoms with E-state index in [1.54, 1.807) is 30.3 Å². The summed E-state index contributed by atoms with van der Waals surface area (Å²) in [4.78, 5) is 14.9. The molecule has 1 aliphatic heterocycles. The molecule has 0 saturated carbocycles. The molecule has 2 rings (SSSR count). The van der Waals surface area contributed by atoms with E-state index in [0.717, 1.165) is 38.6 Å². The van der Waals surface area contributed by atoms with Crippen LogP contribution in [0.4, 0.5) is 0 Å². The van der Waals surface area contributed by atoms with Crippen molar-refractivity contribution in [2.75, 3.05) is 20.1 Å². The van der Waals surface area contributed by atoms with E-state index in [1.165, 1.54) is 11.4 Å². The molecule has 1 aromatic rings. The first-order chi connectivity index (χ1) is 11.8. The van der Waals surface area contributed by atoms with Gasteiger partial charge in [-0.05, 0) is 50.2 Å². The van der Waals surface area contributed by atoms with Crippen LogP contribution in [0.25, 0.3) is 0 Å². The van der Waals surface area contributed by atoms with Crippen LogP contribution < -0.4 is 0 Å². The molecule has 1 atom stereocenters. The van der Waals surface area contributed by atoms with E-state index in [0.29, 0.717) is 5.92 Å². The molecule has 1 fully saturated rings. The molecule has 0 bridgehead atoms. The first-order valence-corrected chi connectivity index (χ1v) is 10.6. The summed E-state index contributed by atoms with van der Waals surface area (Å²) in [5.41, 5.74) is 0. The number of rotatable bonds is 7. The van der Waals surface area contributed by atoms with Crippen LogP contribution in [0.5, 0.6) is 0 Å². The highest BCUT2D eigenvalue weighted by atomic mass is 32.2. The molecule has 1 heterocycles. The van der Waals surface area contributed by atoms with Crippen molar-refractivity contribution in [1.82, 2.24) is 9.21 Å². The van der Waals surface area contributed by atoms with Crippen LogP contribution in [-0.2, 0) is 14.8 Å². The summed E-state index contributed by atoms with van der Waals surface area (Å²) in [5.74, 6) is 0.524. The van der Waals surface area contributed by atoms with Crippen molar-refractivity contribution in [2.24, 2.45) is 5.92 Å². The number of likely N-dealkylation sites (N-methyl/N-ethyl adjacent to an activating group) is 1. The van der Waals surface area contributed by atoms with Crippen LogP contribution in [0, 0.1) is 5.92 Å². The molecule has 6 heteroatoms. The number of piperidine rings is 1. The van der Waals surface area contributed by atoms with E-state index >= 15 is 0 Å². The maximum absolute atomic E-state index is 12.8. The Hall–Kier alpha value is -1.40. The fourth-order valence-electron chi connectivity index (χ4n) is 3.29. The van der Waals surface area contributed by atoms with Gasteiger partial charge < -0.3 is 4.90 Å². The van der Waals surface area contributed by atoms with Gasteiger partial charge in [0, 0.05) is 19.6 Å². The molecule has 140 valence electrons. The van der Waals surface area contributed by atoms with Crippen LogP contribution in [0.1, 0.15) is 46.0 Å². The second-order valence-electron chi connectivity index (χ2n) is 7.28. The summed E-state index contributed by atoms with van der Waals surface area (Å²) < 4.78 is 26.4. The lowest BCUT2D eigenvalue weighted by Gasteiger charge is -2.37. The van der Waals surface area contributed by atoms with Gasteiger partial charge in [0.15, 0.2) is 0 Å². The second kappa shape index (κ2) is 8.81. The van der Waals surface area contributed by atoms with Gasteiger partial charge in [0.2, 0.25) is 15.9 Å². The third kappa shape index (κ3) is 5.28. The van der Waals surface area contributed by atoms with Gasteiger partial charge in [-0.3, -0.25) is 4.79 Å². The van der Waals surface area contributed by atoms with E-state index in [2.05, 4.69) is 13.8 Å². The minimum atomic E-state index is -3.63. The lowest BCUT2D eigenvalue weighted by atomic mass is 9.94. The average Bonchev–Trinajstić information content (AvgIpc) is 2.60. The fourth-order valence-corrected chi connectivity index (χ4v) is 4.43. The number of carbonyl (C=O) groups is 1. The summed E-state index contributed by atoms with van der Waals surface area (Å²) in [7, 11) is -2.15. The summed E-state index contributed by atoms with van der Waals surface area (Å²) in [6.45, 7) is 5.01. The van der Waals surface area contributed by atoms with Gasteiger partial charge in [-0.15, -0.1) is 0 Å². The van der Waals surface area contributed by atoms with Crippen LogP contribution >= 0.6 is 0 Å². The molecule has 5 nitrogen and oxygen atoms in total. The molecule has 0 N–H and O–H groups in total. The van der Waals surface area contributed by atoms with Crippen molar-refractivity contribution in [3.05, 3.63) is 30.3 Å². The zero-order chi connectivity index (χ0) is 18.4. The molecule has 0 aliphatic carbocycles. The smallest absolute Gasteiger partial charge is 0.243 e. The van der Waals surface area contributed by atoms with E-state index in [4.69, 9.17) is 0 Å². The Kier molecular flexibility index (Phi) is 7.02. The molecule has 0 aromatic heterocycles. The van der Waals surface area contributed by atoms with Gasteiger partial charge in [-0.25, -0.2) is 8.42 Å². The van der Waals surface area contributed by atoms with E-state index in [9.17, 15) is 13.2 Å². The largest absolute Gasteiger partial charge is 0.339 e. The lowest BCUT2D eigenvalue weighted by molar-refractivity contribution is -0.135. The molecule has 0 radical (unpaired) electrons. The molecule has 1 amide bonds. The SMILES string of the molecule is CC(C)CC[C@H]1CCCCN1C(=O)CN(C)S(=O)(=O)c1ccccc1. The van der Waals surface area contributed by atoms with Gasteiger partial charge in [0.05, 0.1) is 11.4 Å². The number of hydrogen-bond acceptors (Lipinski definition) is 3. The summed E-state index contributed by atoms with van der Waals surface area (Å²) in [6.07, 6.45) is 5.25. The third-order valence-corrected chi connectivity index (χ3v) is 6.65. The van der Waals surface area contributed by atoms with Crippen molar-refractivity contribution in [2.45, 2.75) is 56.9 Å². The Morgan fingerprint density at radius 1 is 1.24 bits per heavy atom. The first-order valence-electron chi connectivity index (χ1n) is 9.13. The van der Waals surface area contributed by atoms with Gasteiger partial charge in [-0.2, -0.15) is 4.31 Å². The van der Waals surface area contributed by atoms with Crippen molar-refractivity contribution in [3.8, 4) is 0 Å². The minimum Gasteiger partial charge on any atom is -0.339 e. The highest BCUT2D eigenvalue weighted by molar-refractivity contribution is 7.89. The monoisotopic (exact) mass is 366 g/mol. The summed E-state index contributed by atoms with van der Waals surface area (Å²) in [5, 5.41) is 0. The number of nitrogens with zero attached hydrogens (tertiary/aromatic N) is 2. The molecule has 1 saturated heterocycles. The van der Waals surface area contributed by atoms with Gasteiger partial charge in [-0.1, -0.05) is 32.0 Å². The average molecular weight is 367 g/mol.